The zero-order valence-electron chi connectivity index (χ0n) is 15.7. The Kier molecular flexibility index (Phi) is 3.79. The summed E-state index contributed by atoms with van der Waals surface area (Å²) in [5.74, 6) is 1.77. The highest BCUT2D eigenvalue weighted by Gasteiger charge is 2.17. The molecule has 0 aliphatic rings. The van der Waals surface area contributed by atoms with Gasteiger partial charge in [-0.15, -0.1) is 0 Å². The van der Waals surface area contributed by atoms with E-state index in [-0.39, 0.29) is 0 Å². The molecular formula is C23H20N4O. The molecule has 5 heteroatoms. The first kappa shape index (κ1) is 16.4. The topological polar surface area (TPSA) is 54.3 Å². The number of benzene rings is 2. The molecule has 0 fully saturated rings. The third-order valence-electron chi connectivity index (χ3n) is 4.96. The number of rotatable bonds is 4. The molecule has 5 rings (SSSR count). The lowest BCUT2D eigenvalue weighted by atomic mass is 10.1. The zero-order valence-corrected chi connectivity index (χ0v) is 15.7. The second kappa shape index (κ2) is 6.46. The van der Waals surface area contributed by atoms with Gasteiger partial charge in [0.1, 0.15) is 22.9 Å². The zero-order chi connectivity index (χ0) is 19.1. The molecule has 0 unspecified atom stereocenters. The van der Waals surface area contributed by atoms with E-state index in [1.165, 1.54) is 5.56 Å². The van der Waals surface area contributed by atoms with Crippen LogP contribution in [0.5, 0.6) is 5.75 Å². The van der Waals surface area contributed by atoms with Crippen LogP contribution >= 0.6 is 0 Å². The largest absolute Gasteiger partial charge is 0.497 e. The Morgan fingerprint density at radius 1 is 1.00 bits per heavy atom. The summed E-state index contributed by atoms with van der Waals surface area (Å²) in [7, 11) is 1.67. The Morgan fingerprint density at radius 2 is 1.82 bits per heavy atom. The maximum atomic E-state index is 5.27. The molecule has 0 aliphatic carbocycles. The fraction of sp³-hybridized carbons (Fsp3) is 0.0870. The number of ether oxygens (including phenoxy) is 1. The van der Waals surface area contributed by atoms with Crippen LogP contribution in [0.1, 0.15) is 5.56 Å². The number of para-hydroxylation sites is 1. The van der Waals surface area contributed by atoms with E-state index < -0.39 is 0 Å². The molecule has 0 saturated carbocycles. The molecule has 2 aromatic carbocycles. The number of hydrogen-bond acceptors (Lipinski definition) is 3. The number of imidazole rings is 1. The average Bonchev–Trinajstić information content (AvgIpc) is 3.30. The Hall–Kier alpha value is -3.73. The number of pyridine rings is 1. The standard InChI is InChI=1S/C23H20N4O/c1-15-7-12-21-26-22(19-13-24-20-6-4-3-5-18(19)20)23(27(21)14-15)25-16-8-10-17(28-2)11-9-16/h3-14,24-25H,1-2H3. The molecule has 5 aromatic rings. The van der Waals surface area contributed by atoms with Crippen LogP contribution in [0.3, 0.4) is 0 Å². The van der Waals surface area contributed by atoms with Gasteiger partial charge in [-0.3, -0.25) is 4.40 Å². The number of fused-ring (bicyclic) bond motifs is 2. The van der Waals surface area contributed by atoms with E-state index in [1.54, 1.807) is 7.11 Å². The highest BCUT2D eigenvalue weighted by molar-refractivity contribution is 5.98. The van der Waals surface area contributed by atoms with E-state index in [1.807, 2.05) is 42.6 Å². The number of methoxy groups -OCH3 is 1. The van der Waals surface area contributed by atoms with Crippen LogP contribution in [0.15, 0.2) is 73.1 Å². The van der Waals surface area contributed by atoms with Gasteiger partial charge in [-0.2, -0.15) is 0 Å². The normalized spacial score (nSPS) is 11.2. The SMILES string of the molecule is COc1ccc(Nc2c(-c3c[nH]c4ccccc34)nc3ccc(C)cn23)cc1. The van der Waals surface area contributed by atoms with Crippen molar-refractivity contribution >= 4 is 28.1 Å². The Bertz CT molecular complexity index is 1280. The number of aromatic amines is 1. The number of aryl methyl sites for hydroxylation is 1. The monoisotopic (exact) mass is 368 g/mol. The van der Waals surface area contributed by atoms with Crippen molar-refractivity contribution in [3.05, 3.63) is 78.6 Å². The number of nitrogens with zero attached hydrogens (tertiary/aromatic N) is 2. The Labute approximate surface area is 162 Å². The third kappa shape index (κ3) is 2.68. The Morgan fingerprint density at radius 3 is 2.64 bits per heavy atom. The third-order valence-corrected chi connectivity index (χ3v) is 4.96. The molecule has 28 heavy (non-hydrogen) atoms. The minimum atomic E-state index is 0.830. The highest BCUT2D eigenvalue weighted by Crippen LogP contribution is 2.35. The smallest absolute Gasteiger partial charge is 0.143 e. The molecular weight excluding hydrogens is 348 g/mol. The summed E-state index contributed by atoms with van der Waals surface area (Å²) in [6, 6.07) is 20.3. The molecule has 138 valence electrons. The predicted molar refractivity (Wildman–Crippen MR) is 113 cm³/mol. The van der Waals surface area contributed by atoms with Gasteiger partial charge in [0.2, 0.25) is 0 Å². The number of nitrogens with one attached hydrogen (secondary N) is 2. The molecule has 5 nitrogen and oxygen atoms in total. The first-order chi connectivity index (χ1) is 13.7. The fourth-order valence-electron chi connectivity index (χ4n) is 3.54. The molecule has 0 atom stereocenters. The van der Waals surface area contributed by atoms with Crippen molar-refractivity contribution < 1.29 is 4.74 Å². The summed E-state index contributed by atoms with van der Waals surface area (Å²) in [5.41, 5.74) is 6.15. The molecule has 0 radical (unpaired) electrons. The lowest BCUT2D eigenvalue weighted by Gasteiger charge is -2.10. The first-order valence-electron chi connectivity index (χ1n) is 9.19. The van der Waals surface area contributed by atoms with Crippen LogP contribution in [0.2, 0.25) is 0 Å². The first-order valence-corrected chi connectivity index (χ1v) is 9.19. The van der Waals surface area contributed by atoms with Crippen LogP contribution in [-0.2, 0) is 0 Å². The number of anilines is 2. The summed E-state index contributed by atoms with van der Waals surface area (Å²) >= 11 is 0. The van der Waals surface area contributed by atoms with E-state index >= 15 is 0 Å². The minimum Gasteiger partial charge on any atom is -0.497 e. The van der Waals surface area contributed by atoms with Gasteiger partial charge in [0.25, 0.3) is 0 Å². The van der Waals surface area contributed by atoms with Gasteiger partial charge < -0.3 is 15.0 Å². The number of hydrogen-bond donors (Lipinski definition) is 2. The number of aromatic nitrogens is 3. The average molecular weight is 368 g/mol. The van der Waals surface area contributed by atoms with Gasteiger partial charge in [-0.25, -0.2) is 4.98 Å². The lowest BCUT2D eigenvalue weighted by molar-refractivity contribution is 0.415. The predicted octanol–water partition coefficient (Wildman–Crippen LogP) is 5.54. The summed E-state index contributed by atoms with van der Waals surface area (Å²) in [5, 5.41) is 4.71. The molecule has 0 spiro atoms. The van der Waals surface area contributed by atoms with E-state index in [9.17, 15) is 0 Å². The van der Waals surface area contributed by atoms with E-state index in [0.29, 0.717) is 0 Å². The molecule has 0 saturated heterocycles. The van der Waals surface area contributed by atoms with Crippen molar-refractivity contribution in [2.45, 2.75) is 6.92 Å². The van der Waals surface area contributed by atoms with Crippen molar-refractivity contribution in [3.8, 4) is 17.0 Å². The second-order valence-corrected chi connectivity index (χ2v) is 6.85. The highest BCUT2D eigenvalue weighted by atomic mass is 16.5. The van der Waals surface area contributed by atoms with Gasteiger partial charge in [0.15, 0.2) is 0 Å². The molecule has 3 aromatic heterocycles. The second-order valence-electron chi connectivity index (χ2n) is 6.85. The molecule has 2 N–H and O–H groups in total. The van der Waals surface area contributed by atoms with Crippen molar-refractivity contribution in [1.82, 2.24) is 14.4 Å². The number of H-pyrrole nitrogens is 1. The Balaban J connectivity index is 1.71. The van der Waals surface area contributed by atoms with Crippen LogP contribution < -0.4 is 10.1 Å². The quantitative estimate of drug-likeness (QED) is 0.438. The maximum absolute atomic E-state index is 5.27. The molecule has 0 bridgehead atoms. The van der Waals surface area contributed by atoms with Gasteiger partial charge in [-0.1, -0.05) is 24.3 Å². The van der Waals surface area contributed by atoms with Gasteiger partial charge >= 0.3 is 0 Å². The maximum Gasteiger partial charge on any atom is 0.143 e. The van der Waals surface area contributed by atoms with Crippen molar-refractivity contribution in [2.24, 2.45) is 0 Å². The molecule has 3 heterocycles. The van der Waals surface area contributed by atoms with Crippen molar-refractivity contribution in [3.63, 3.8) is 0 Å². The van der Waals surface area contributed by atoms with Crippen molar-refractivity contribution in [2.75, 3.05) is 12.4 Å². The van der Waals surface area contributed by atoms with Crippen molar-refractivity contribution in [1.29, 1.82) is 0 Å². The van der Waals surface area contributed by atoms with E-state index in [2.05, 4.69) is 52.1 Å². The lowest BCUT2D eigenvalue weighted by Crippen LogP contribution is -1.97. The fourth-order valence-corrected chi connectivity index (χ4v) is 3.54. The minimum absolute atomic E-state index is 0.830. The summed E-state index contributed by atoms with van der Waals surface area (Å²) in [6.45, 7) is 2.09. The van der Waals surface area contributed by atoms with Crippen LogP contribution in [0, 0.1) is 6.92 Å². The van der Waals surface area contributed by atoms with Crippen LogP contribution in [0.4, 0.5) is 11.5 Å². The summed E-state index contributed by atoms with van der Waals surface area (Å²) in [6.07, 6.45) is 4.13. The van der Waals surface area contributed by atoms with Gasteiger partial charge in [0.05, 0.1) is 7.11 Å². The summed E-state index contributed by atoms with van der Waals surface area (Å²) in [4.78, 5) is 8.29. The van der Waals surface area contributed by atoms with E-state index in [4.69, 9.17) is 9.72 Å². The van der Waals surface area contributed by atoms with Crippen LogP contribution in [0.25, 0.3) is 27.8 Å². The molecule has 0 aliphatic heterocycles. The summed E-state index contributed by atoms with van der Waals surface area (Å²) < 4.78 is 7.38. The van der Waals surface area contributed by atoms with Gasteiger partial charge in [-0.05, 0) is 48.9 Å². The molecule has 0 amide bonds. The van der Waals surface area contributed by atoms with Gasteiger partial charge in [0, 0.05) is 34.5 Å². The van der Waals surface area contributed by atoms with E-state index in [0.717, 1.165) is 45.1 Å². The van der Waals surface area contributed by atoms with Crippen LogP contribution in [-0.4, -0.2) is 21.5 Å².